The molecule has 7 heteroatoms. The number of hydrogen-bond donors (Lipinski definition) is 2. The monoisotopic (exact) mass is 292 g/mol. The third-order valence-corrected chi connectivity index (χ3v) is 3.45. The smallest absolute Gasteiger partial charge is 0.245 e. The fourth-order valence-electron chi connectivity index (χ4n) is 2.16. The Labute approximate surface area is 120 Å². The third kappa shape index (κ3) is 2.03. The molecule has 3 rings (SSSR count). The van der Waals surface area contributed by atoms with Gasteiger partial charge in [-0.2, -0.15) is 5.10 Å². The van der Waals surface area contributed by atoms with Gasteiger partial charge in [-0.1, -0.05) is 11.6 Å². The fourth-order valence-corrected chi connectivity index (χ4v) is 2.37. The minimum absolute atomic E-state index is 0.246. The van der Waals surface area contributed by atoms with Crippen LogP contribution in [-0.4, -0.2) is 15.7 Å². The van der Waals surface area contributed by atoms with Crippen molar-refractivity contribution in [2.24, 2.45) is 12.8 Å². The molecule has 2 aromatic rings. The second-order valence-electron chi connectivity index (χ2n) is 4.69. The number of carbonyl (C=O) groups is 1. The molecule has 1 unspecified atom stereocenters. The lowest BCUT2D eigenvalue weighted by Gasteiger charge is -2.10. The van der Waals surface area contributed by atoms with Crippen molar-refractivity contribution in [2.45, 2.75) is 13.0 Å². The number of nitrogens with two attached hydrogens (primary N) is 1. The summed E-state index contributed by atoms with van der Waals surface area (Å²) in [5, 5.41) is 7.29. The molecule has 2 heterocycles. The number of anilines is 1. The van der Waals surface area contributed by atoms with E-state index < -0.39 is 6.04 Å². The number of ether oxygens (including phenoxy) is 1. The lowest BCUT2D eigenvalue weighted by molar-refractivity contribution is -0.116. The van der Waals surface area contributed by atoms with E-state index in [2.05, 4.69) is 10.4 Å². The number of halogens is 1. The van der Waals surface area contributed by atoms with Crippen LogP contribution in [0.2, 0.25) is 5.02 Å². The summed E-state index contributed by atoms with van der Waals surface area (Å²) >= 11 is 6.18. The van der Waals surface area contributed by atoms with Gasteiger partial charge in [-0.3, -0.25) is 4.79 Å². The number of carbonyl (C=O) groups excluding carboxylic acids is 1. The summed E-state index contributed by atoms with van der Waals surface area (Å²) in [6.45, 7) is 1.87. The Morgan fingerprint density at radius 1 is 1.45 bits per heavy atom. The van der Waals surface area contributed by atoms with Crippen LogP contribution in [0.3, 0.4) is 0 Å². The van der Waals surface area contributed by atoms with E-state index in [0.717, 1.165) is 5.69 Å². The van der Waals surface area contributed by atoms with E-state index in [1.165, 1.54) is 0 Å². The molecule has 0 spiro atoms. The highest BCUT2D eigenvalue weighted by Crippen LogP contribution is 2.39. The molecular weight excluding hydrogens is 280 g/mol. The highest BCUT2D eigenvalue weighted by Gasteiger charge is 2.28. The van der Waals surface area contributed by atoms with E-state index in [-0.39, 0.29) is 5.91 Å². The van der Waals surface area contributed by atoms with Gasteiger partial charge in [0.25, 0.3) is 0 Å². The number of amides is 1. The van der Waals surface area contributed by atoms with Gasteiger partial charge in [0.05, 0.1) is 10.7 Å². The maximum Gasteiger partial charge on any atom is 0.245 e. The van der Waals surface area contributed by atoms with Gasteiger partial charge in [0.2, 0.25) is 11.8 Å². The van der Waals surface area contributed by atoms with Gasteiger partial charge in [-0.05, 0) is 13.0 Å². The maximum absolute atomic E-state index is 11.5. The number of fused-ring (bicyclic) bond motifs is 1. The van der Waals surface area contributed by atoms with Crippen LogP contribution in [0.25, 0.3) is 0 Å². The van der Waals surface area contributed by atoms with Crippen molar-refractivity contribution >= 4 is 23.2 Å². The Kier molecular flexibility index (Phi) is 2.92. The molecule has 0 saturated heterocycles. The first-order chi connectivity index (χ1) is 9.45. The quantitative estimate of drug-likeness (QED) is 0.888. The predicted molar refractivity (Wildman–Crippen MR) is 75.0 cm³/mol. The molecule has 1 atom stereocenters. The van der Waals surface area contributed by atoms with E-state index in [4.69, 9.17) is 22.1 Å². The van der Waals surface area contributed by atoms with Crippen LogP contribution >= 0.6 is 11.6 Å². The van der Waals surface area contributed by atoms with E-state index in [1.54, 1.807) is 29.9 Å². The summed E-state index contributed by atoms with van der Waals surface area (Å²) in [5.41, 5.74) is 7.91. The molecule has 1 aromatic carbocycles. The lowest BCUT2D eigenvalue weighted by Crippen LogP contribution is -2.19. The first kappa shape index (κ1) is 13.0. The van der Waals surface area contributed by atoms with E-state index >= 15 is 0 Å². The first-order valence-corrected chi connectivity index (χ1v) is 6.42. The summed E-state index contributed by atoms with van der Waals surface area (Å²) in [6, 6.07) is 4.44. The SMILES string of the molecule is Cc1cc(Oc2cc3c(cc2Cl)C(N)C(=O)N3)n(C)n1. The van der Waals surface area contributed by atoms with Gasteiger partial charge in [-0.15, -0.1) is 0 Å². The van der Waals surface area contributed by atoms with Crippen molar-refractivity contribution < 1.29 is 9.53 Å². The average molecular weight is 293 g/mol. The Morgan fingerprint density at radius 2 is 2.20 bits per heavy atom. The molecule has 1 amide bonds. The highest BCUT2D eigenvalue weighted by atomic mass is 35.5. The maximum atomic E-state index is 11.5. The number of hydrogen-bond acceptors (Lipinski definition) is 4. The van der Waals surface area contributed by atoms with Crippen LogP contribution < -0.4 is 15.8 Å². The number of rotatable bonds is 2. The number of aromatic nitrogens is 2. The largest absolute Gasteiger partial charge is 0.438 e. The normalized spacial score (nSPS) is 17.0. The molecular formula is C13H13ClN4O2. The molecule has 0 saturated carbocycles. The number of aryl methyl sites for hydroxylation is 2. The van der Waals surface area contributed by atoms with Crippen molar-refractivity contribution in [1.29, 1.82) is 0 Å². The Balaban J connectivity index is 1.98. The van der Waals surface area contributed by atoms with Gasteiger partial charge < -0.3 is 15.8 Å². The minimum Gasteiger partial charge on any atom is -0.438 e. The summed E-state index contributed by atoms with van der Waals surface area (Å²) in [5.74, 6) is 0.769. The summed E-state index contributed by atoms with van der Waals surface area (Å²) in [7, 11) is 1.78. The second kappa shape index (κ2) is 4.50. The minimum atomic E-state index is -0.685. The standard InChI is InChI=1S/C13H13ClN4O2/c1-6-3-11(18(2)17-6)20-10-5-9-7(4-8(10)14)12(15)13(19)16-9/h3-5,12H,15H2,1-2H3,(H,16,19). The Hall–Kier alpha value is -2.05. The van der Waals surface area contributed by atoms with Gasteiger partial charge in [0.15, 0.2) is 0 Å². The average Bonchev–Trinajstić information content (AvgIpc) is 2.83. The first-order valence-electron chi connectivity index (χ1n) is 6.04. The van der Waals surface area contributed by atoms with Crippen molar-refractivity contribution in [3.05, 3.63) is 34.5 Å². The number of benzene rings is 1. The van der Waals surface area contributed by atoms with E-state index in [1.807, 2.05) is 6.92 Å². The summed E-state index contributed by atoms with van der Waals surface area (Å²) in [6.07, 6.45) is 0. The van der Waals surface area contributed by atoms with Crippen LogP contribution in [0.5, 0.6) is 11.6 Å². The summed E-state index contributed by atoms with van der Waals surface area (Å²) < 4.78 is 7.35. The molecule has 1 aromatic heterocycles. The third-order valence-electron chi connectivity index (χ3n) is 3.15. The molecule has 1 aliphatic heterocycles. The lowest BCUT2D eigenvalue weighted by atomic mass is 10.1. The summed E-state index contributed by atoms with van der Waals surface area (Å²) in [4.78, 5) is 11.5. The van der Waals surface area contributed by atoms with Crippen molar-refractivity contribution in [1.82, 2.24) is 9.78 Å². The molecule has 0 fully saturated rings. The van der Waals surface area contributed by atoms with Crippen molar-refractivity contribution in [3.8, 4) is 11.6 Å². The molecule has 20 heavy (non-hydrogen) atoms. The second-order valence-corrected chi connectivity index (χ2v) is 5.09. The van der Waals surface area contributed by atoms with Crippen LogP contribution in [0, 0.1) is 6.92 Å². The predicted octanol–water partition coefficient (Wildman–Crippen LogP) is 2.13. The molecule has 3 N–H and O–H groups in total. The van der Waals surface area contributed by atoms with E-state index in [0.29, 0.717) is 27.9 Å². The van der Waals surface area contributed by atoms with Crippen LogP contribution in [0.1, 0.15) is 17.3 Å². The van der Waals surface area contributed by atoms with Gasteiger partial charge in [0, 0.05) is 30.4 Å². The fraction of sp³-hybridized carbons (Fsp3) is 0.231. The van der Waals surface area contributed by atoms with Gasteiger partial charge in [-0.25, -0.2) is 4.68 Å². The molecule has 0 radical (unpaired) electrons. The zero-order valence-electron chi connectivity index (χ0n) is 11.0. The molecule has 0 aliphatic carbocycles. The zero-order valence-corrected chi connectivity index (χ0v) is 11.7. The highest BCUT2D eigenvalue weighted by molar-refractivity contribution is 6.32. The van der Waals surface area contributed by atoms with Gasteiger partial charge in [0.1, 0.15) is 11.8 Å². The van der Waals surface area contributed by atoms with Crippen LogP contribution in [-0.2, 0) is 11.8 Å². The molecule has 6 nitrogen and oxygen atoms in total. The molecule has 104 valence electrons. The number of nitrogens with zero attached hydrogens (tertiary/aromatic N) is 2. The van der Waals surface area contributed by atoms with Crippen molar-refractivity contribution in [3.63, 3.8) is 0 Å². The molecule has 1 aliphatic rings. The molecule has 0 bridgehead atoms. The van der Waals surface area contributed by atoms with Crippen LogP contribution in [0.15, 0.2) is 18.2 Å². The zero-order chi connectivity index (χ0) is 14.4. The van der Waals surface area contributed by atoms with E-state index in [9.17, 15) is 4.79 Å². The number of nitrogens with one attached hydrogen (secondary N) is 1. The van der Waals surface area contributed by atoms with Gasteiger partial charge >= 0.3 is 0 Å². The Morgan fingerprint density at radius 3 is 2.85 bits per heavy atom. The van der Waals surface area contributed by atoms with Crippen molar-refractivity contribution in [2.75, 3.05) is 5.32 Å². The Bertz CT molecular complexity index is 711. The van der Waals surface area contributed by atoms with Crippen LogP contribution in [0.4, 0.5) is 5.69 Å². The topological polar surface area (TPSA) is 82.2 Å².